The fourth-order valence-electron chi connectivity index (χ4n) is 1.98. The Balaban J connectivity index is 1.89. The molecule has 1 unspecified atom stereocenters. The first-order valence-corrected chi connectivity index (χ1v) is 7.00. The first kappa shape index (κ1) is 13.6. The van der Waals surface area contributed by atoms with Crippen LogP contribution in [-0.2, 0) is 4.74 Å². The summed E-state index contributed by atoms with van der Waals surface area (Å²) in [5.74, 6) is 0.771. The molecule has 0 spiro atoms. The van der Waals surface area contributed by atoms with Crippen molar-refractivity contribution in [2.24, 2.45) is 0 Å². The zero-order chi connectivity index (χ0) is 13.0. The van der Waals surface area contributed by atoms with Gasteiger partial charge in [0.1, 0.15) is 18.5 Å². The number of anilines is 1. The molecule has 1 aliphatic rings. The smallest absolute Gasteiger partial charge is 0.135 e. The van der Waals surface area contributed by atoms with E-state index in [0.29, 0.717) is 12.3 Å². The molecule has 1 aliphatic heterocycles. The normalized spacial score (nSPS) is 20.9. The fourth-order valence-corrected chi connectivity index (χ4v) is 2.34. The molecule has 1 heterocycles. The van der Waals surface area contributed by atoms with E-state index in [9.17, 15) is 0 Å². The van der Waals surface area contributed by atoms with Gasteiger partial charge in [-0.05, 0) is 34.6 Å². The summed E-state index contributed by atoms with van der Waals surface area (Å²) in [6.45, 7) is 6.49. The van der Waals surface area contributed by atoms with Crippen LogP contribution in [0.25, 0.3) is 0 Å². The molecule has 0 aliphatic carbocycles. The van der Waals surface area contributed by atoms with Gasteiger partial charge in [-0.15, -0.1) is 0 Å². The average Bonchev–Trinajstić information content (AvgIpc) is 2.40. The van der Waals surface area contributed by atoms with Crippen molar-refractivity contribution in [3.63, 3.8) is 0 Å². The topological polar surface area (TPSA) is 47.7 Å². The predicted octanol–water partition coefficient (Wildman–Crippen LogP) is 2.13. The minimum atomic E-state index is 0.132. The van der Waals surface area contributed by atoms with E-state index in [1.807, 2.05) is 18.2 Å². The molecular weight excluding hydrogens is 296 g/mol. The summed E-state index contributed by atoms with van der Waals surface area (Å²) in [7, 11) is 0. The van der Waals surface area contributed by atoms with Crippen molar-refractivity contribution in [1.29, 1.82) is 0 Å². The van der Waals surface area contributed by atoms with Crippen LogP contribution in [-0.4, -0.2) is 43.9 Å². The molecule has 0 saturated carbocycles. The summed E-state index contributed by atoms with van der Waals surface area (Å²) in [4.78, 5) is 2.37. The molecule has 1 fully saturated rings. The zero-order valence-electron chi connectivity index (χ0n) is 10.6. The number of nitrogen functional groups attached to an aromatic ring is 1. The second-order valence-electron chi connectivity index (χ2n) is 4.39. The number of nitrogens with two attached hydrogens (primary N) is 1. The van der Waals surface area contributed by atoms with Crippen LogP contribution in [0, 0.1) is 0 Å². The number of ether oxygens (including phenoxy) is 2. The summed E-state index contributed by atoms with van der Waals surface area (Å²) >= 11 is 3.45. The number of halogens is 1. The number of hydrogen-bond donors (Lipinski definition) is 1. The van der Waals surface area contributed by atoms with E-state index in [1.165, 1.54) is 0 Å². The monoisotopic (exact) mass is 314 g/mol. The van der Waals surface area contributed by atoms with Crippen LogP contribution in [0.4, 0.5) is 5.69 Å². The second kappa shape index (κ2) is 6.41. The first-order valence-electron chi connectivity index (χ1n) is 6.21. The molecule has 1 aromatic rings. The molecule has 1 saturated heterocycles. The molecule has 100 valence electrons. The van der Waals surface area contributed by atoms with E-state index in [-0.39, 0.29) is 6.10 Å². The van der Waals surface area contributed by atoms with Crippen molar-refractivity contribution >= 4 is 21.6 Å². The molecule has 0 amide bonds. The predicted molar refractivity (Wildman–Crippen MR) is 75.9 cm³/mol. The fraction of sp³-hybridized carbons (Fsp3) is 0.538. The first-order chi connectivity index (χ1) is 8.69. The van der Waals surface area contributed by atoms with Crippen LogP contribution in [0.3, 0.4) is 0 Å². The number of nitrogens with zero attached hydrogens (tertiary/aromatic N) is 1. The summed E-state index contributed by atoms with van der Waals surface area (Å²) in [5, 5.41) is 0. The third-order valence-corrected chi connectivity index (χ3v) is 3.71. The molecule has 0 bridgehead atoms. The van der Waals surface area contributed by atoms with Crippen molar-refractivity contribution < 1.29 is 9.47 Å². The van der Waals surface area contributed by atoms with E-state index in [2.05, 4.69) is 27.8 Å². The highest BCUT2D eigenvalue weighted by atomic mass is 79.9. The lowest BCUT2D eigenvalue weighted by Gasteiger charge is -2.31. The van der Waals surface area contributed by atoms with Gasteiger partial charge < -0.3 is 15.2 Å². The van der Waals surface area contributed by atoms with E-state index < -0.39 is 0 Å². The minimum Gasteiger partial charge on any atom is -0.490 e. The number of rotatable bonds is 4. The Labute approximate surface area is 116 Å². The molecule has 2 rings (SSSR count). The van der Waals surface area contributed by atoms with E-state index >= 15 is 0 Å². The maximum atomic E-state index is 5.77. The lowest BCUT2D eigenvalue weighted by molar-refractivity contribution is -0.0464. The SMILES string of the molecule is CCN1CCOC(COc2cc(N)ccc2Br)C1. The zero-order valence-corrected chi connectivity index (χ0v) is 12.1. The van der Waals surface area contributed by atoms with Crippen LogP contribution in [0.1, 0.15) is 6.92 Å². The number of likely N-dealkylation sites (N-methyl/N-ethyl adjacent to an activating group) is 1. The van der Waals surface area contributed by atoms with Gasteiger partial charge in [-0.25, -0.2) is 0 Å². The molecule has 5 heteroatoms. The van der Waals surface area contributed by atoms with Crippen molar-refractivity contribution in [2.75, 3.05) is 38.6 Å². The lowest BCUT2D eigenvalue weighted by atomic mass is 10.3. The van der Waals surface area contributed by atoms with Gasteiger partial charge in [0.25, 0.3) is 0 Å². The molecule has 4 nitrogen and oxygen atoms in total. The van der Waals surface area contributed by atoms with Gasteiger partial charge in [0, 0.05) is 24.8 Å². The Morgan fingerprint density at radius 3 is 3.17 bits per heavy atom. The third-order valence-electron chi connectivity index (χ3n) is 3.05. The molecule has 18 heavy (non-hydrogen) atoms. The van der Waals surface area contributed by atoms with Gasteiger partial charge >= 0.3 is 0 Å². The maximum Gasteiger partial charge on any atom is 0.135 e. The van der Waals surface area contributed by atoms with E-state index in [4.69, 9.17) is 15.2 Å². The van der Waals surface area contributed by atoms with Crippen LogP contribution >= 0.6 is 15.9 Å². The van der Waals surface area contributed by atoms with Gasteiger partial charge in [0.15, 0.2) is 0 Å². The summed E-state index contributed by atoms with van der Waals surface area (Å²) < 4.78 is 12.4. The summed E-state index contributed by atoms with van der Waals surface area (Å²) in [5.41, 5.74) is 6.44. The van der Waals surface area contributed by atoms with Crippen LogP contribution in [0.5, 0.6) is 5.75 Å². The Morgan fingerprint density at radius 1 is 1.56 bits per heavy atom. The van der Waals surface area contributed by atoms with Crippen molar-refractivity contribution in [2.45, 2.75) is 13.0 Å². The van der Waals surface area contributed by atoms with Gasteiger partial charge in [-0.1, -0.05) is 6.92 Å². The van der Waals surface area contributed by atoms with E-state index in [0.717, 1.165) is 36.5 Å². The average molecular weight is 315 g/mol. The third kappa shape index (κ3) is 3.60. The van der Waals surface area contributed by atoms with Gasteiger partial charge in [0.05, 0.1) is 11.1 Å². The Bertz CT molecular complexity index is 401. The molecule has 0 aromatic heterocycles. The summed E-state index contributed by atoms with van der Waals surface area (Å²) in [6, 6.07) is 5.56. The molecule has 2 N–H and O–H groups in total. The van der Waals surface area contributed by atoms with E-state index in [1.54, 1.807) is 0 Å². The standard InChI is InChI=1S/C13H19BrN2O2/c1-2-16-5-6-17-11(8-16)9-18-13-7-10(15)3-4-12(13)14/h3-4,7,11H,2,5-6,8-9,15H2,1H3. The molecular formula is C13H19BrN2O2. The quantitative estimate of drug-likeness (QED) is 0.865. The Kier molecular flexibility index (Phi) is 4.86. The van der Waals surface area contributed by atoms with Crippen molar-refractivity contribution in [3.05, 3.63) is 22.7 Å². The molecule has 0 radical (unpaired) electrons. The van der Waals surface area contributed by atoms with Gasteiger partial charge in [-0.3, -0.25) is 4.90 Å². The Morgan fingerprint density at radius 2 is 2.39 bits per heavy atom. The lowest BCUT2D eigenvalue weighted by Crippen LogP contribution is -2.44. The number of benzene rings is 1. The van der Waals surface area contributed by atoms with Crippen LogP contribution in [0.15, 0.2) is 22.7 Å². The second-order valence-corrected chi connectivity index (χ2v) is 5.24. The highest BCUT2D eigenvalue weighted by Crippen LogP contribution is 2.27. The number of hydrogen-bond acceptors (Lipinski definition) is 4. The number of morpholine rings is 1. The van der Waals surface area contributed by atoms with Crippen LogP contribution < -0.4 is 10.5 Å². The van der Waals surface area contributed by atoms with Gasteiger partial charge in [0.2, 0.25) is 0 Å². The van der Waals surface area contributed by atoms with Gasteiger partial charge in [-0.2, -0.15) is 0 Å². The highest BCUT2D eigenvalue weighted by molar-refractivity contribution is 9.10. The largest absolute Gasteiger partial charge is 0.490 e. The maximum absolute atomic E-state index is 5.77. The van der Waals surface area contributed by atoms with Crippen molar-refractivity contribution in [3.8, 4) is 5.75 Å². The minimum absolute atomic E-state index is 0.132. The molecule has 1 atom stereocenters. The summed E-state index contributed by atoms with van der Waals surface area (Å²) in [6.07, 6.45) is 0.132. The Hall–Kier alpha value is -0.780. The van der Waals surface area contributed by atoms with Crippen LogP contribution in [0.2, 0.25) is 0 Å². The molecule has 1 aromatic carbocycles. The van der Waals surface area contributed by atoms with Crippen molar-refractivity contribution in [1.82, 2.24) is 4.90 Å². The highest BCUT2D eigenvalue weighted by Gasteiger charge is 2.20.